The Hall–Kier alpha value is -0.590. The molecule has 0 aromatic carbocycles. The fourth-order valence-electron chi connectivity index (χ4n) is 0.810. The molecule has 0 fully saturated rings. The van der Waals surface area contributed by atoms with Crippen molar-refractivity contribution in [2.75, 3.05) is 7.05 Å². The van der Waals surface area contributed by atoms with Crippen LogP contribution in [0.1, 0.15) is 4.88 Å². The molecular weight excluding hydrogens is 252 g/mol. The highest BCUT2D eigenvalue weighted by Crippen LogP contribution is 2.21. The van der Waals surface area contributed by atoms with E-state index in [4.69, 9.17) is 5.84 Å². The van der Waals surface area contributed by atoms with Crippen LogP contribution < -0.4 is 16.6 Å². The van der Waals surface area contributed by atoms with Gasteiger partial charge in [0.25, 0.3) is 0 Å². The summed E-state index contributed by atoms with van der Waals surface area (Å²) >= 11 is 5.12. The zero-order valence-electron chi connectivity index (χ0n) is 7.17. The van der Waals surface area contributed by atoms with Gasteiger partial charge in [-0.3, -0.25) is 10.4 Å². The largest absolute Gasteiger partial charge is 0.350 e. The van der Waals surface area contributed by atoms with Gasteiger partial charge < -0.3 is 5.32 Å². The summed E-state index contributed by atoms with van der Waals surface area (Å²) in [5.74, 6) is 5.79. The van der Waals surface area contributed by atoms with Crippen molar-refractivity contribution < 1.29 is 0 Å². The Morgan fingerprint density at radius 1 is 1.77 bits per heavy atom. The first kappa shape index (κ1) is 10.5. The van der Waals surface area contributed by atoms with Crippen molar-refractivity contribution in [2.24, 2.45) is 10.8 Å². The lowest BCUT2D eigenvalue weighted by atomic mass is 10.5. The molecule has 72 valence electrons. The van der Waals surface area contributed by atoms with Crippen molar-refractivity contribution in [2.45, 2.75) is 6.54 Å². The fraction of sp³-hybridized carbons (Fsp3) is 0.286. The summed E-state index contributed by atoms with van der Waals surface area (Å²) in [5, 5.41) is 5.08. The van der Waals surface area contributed by atoms with E-state index in [1.54, 1.807) is 18.4 Å². The van der Waals surface area contributed by atoms with Gasteiger partial charge in [-0.1, -0.05) is 0 Å². The number of halogens is 1. The van der Waals surface area contributed by atoms with E-state index in [1.807, 2.05) is 11.4 Å². The molecule has 0 amide bonds. The minimum atomic E-state index is 0.584. The van der Waals surface area contributed by atoms with E-state index < -0.39 is 0 Å². The Morgan fingerprint density at radius 2 is 2.54 bits per heavy atom. The zero-order chi connectivity index (χ0) is 9.68. The van der Waals surface area contributed by atoms with E-state index >= 15 is 0 Å². The standard InChI is InChI=1S/C7H11BrN4S/c1-10-7(12-9)11-4-6-5(8)2-3-13-6/h2-3H,4,9H2,1H3,(H2,10,11,12). The van der Waals surface area contributed by atoms with Crippen molar-refractivity contribution in [3.05, 3.63) is 20.8 Å². The van der Waals surface area contributed by atoms with Gasteiger partial charge >= 0.3 is 0 Å². The number of nitrogens with two attached hydrogens (primary N) is 1. The van der Waals surface area contributed by atoms with E-state index in [0.717, 1.165) is 11.0 Å². The average molecular weight is 263 g/mol. The summed E-state index contributed by atoms with van der Waals surface area (Å²) < 4.78 is 1.11. The number of hydrogen-bond acceptors (Lipinski definition) is 3. The maximum Gasteiger partial charge on any atom is 0.205 e. The van der Waals surface area contributed by atoms with Crippen LogP contribution >= 0.6 is 27.3 Å². The molecule has 13 heavy (non-hydrogen) atoms. The normalized spacial score (nSPS) is 11.5. The Labute approximate surface area is 89.3 Å². The number of aliphatic imine (C=N–C) groups is 1. The van der Waals surface area contributed by atoms with Gasteiger partial charge in [0.05, 0.1) is 6.54 Å². The summed E-state index contributed by atoms with van der Waals surface area (Å²) in [6.07, 6.45) is 0. The van der Waals surface area contributed by atoms with Gasteiger partial charge in [-0.15, -0.1) is 11.3 Å². The Morgan fingerprint density at radius 3 is 3.00 bits per heavy atom. The molecule has 1 aromatic heterocycles. The molecule has 0 aliphatic carbocycles. The SMILES string of the molecule is CN=C(NN)NCc1sccc1Br. The maximum atomic E-state index is 5.21. The molecule has 1 heterocycles. The first-order valence-electron chi connectivity index (χ1n) is 3.67. The predicted octanol–water partition coefficient (Wildman–Crippen LogP) is 1.05. The predicted molar refractivity (Wildman–Crippen MR) is 59.5 cm³/mol. The molecule has 0 aliphatic heterocycles. The molecule has 0 aliphatic rings. The number of hydrogen-bond donors (Lipinski definition) is 3. The van der Waals surface area contributed by atoms with E-state index in [-0.39, 0.29) is 0 Å². The van der Waals surface area contributed by atoms with E-state index in [0.29, 0.717) is 5.96 Å². The first-order valence-corrected chi connectivity index (χ1v) is 5.34. The number of thiophene rings is 1. The molecule has 0 radical (unpaired) electrons. The molecular formula is C7H11BrN4S. The smallest absolute Gasteiger partial charge is 0.205 e. The van der Waals surface area contributed by atoms with Gasteiger partial charge in [0, 0.05) is 16.4 Å². The van der Waals surface area contributed by atoms with Gasteiger partial charge in [-0.2, -0.15) is 0 Å². The van der Waals surface area contributed by atoms with Crippen LogP contribution in [-0.2, 0) is 6.54 Å². The van der Waals surface area contributed by atoms with Gasteiger partial charge in [0.15, 0.2) is 0 Å². The Kier molecular flexibility index (Phi) is 4.20. The van der Waals surface area contributed by atoms with Crippen LogP contribution in [0, 0.1) is 0 Å². The molecule has 0 atom stereocenters. The molecule has 6 heteroatoms. The highest BCUT2D eigenvalue weighted by Gasteiger charge is 2.01. The third-order valence-corrected chi connectivity index (χ3v) is 3.39. The van der Waals surface area contributed by atoms with Gasteiger partial charge in [0.1, 0.15) is 0 Å². The van der Waals surface area contributed by atoms with Crippen molar-refractivity contribution in [1.29, 1.82) is 0 Å². The topological polar surface area (TPSA) is 62.4 Å². The summed E-state index contributed by atoms with van der Waals surface area (Å²) in [5.41, 5.74) is 2.46. The quantitative estimate of drug-likeness (QED) is 0.323. The molecule has 4 nitrogen and oxygen atoms in total. The van der Waals surface area contributed by atoms with Crippen molar-refractivity contribution in [3.63, 3.8) is 0 Å². The van der Waals surface area contributed by atoms with Crippen LogP contribution in [0.3, 0.4) is 0 Å². The van der Waals surface area contributed by atoms with Crippen LogP contribution in [0.25, 0.3) is 0 Å². The lowest BCUT2D eigenvalue weighted by Gasteiger charge is -2.06. The van der Waals surface area contributed by atoms with Crippen LogP contribution in [0.5, 0.6) is 0 Å². The second-order valence-electron chi connectivity index (χ2n) is 2.26. The fourth-order valence-corrected chi connectivity index (χ4v) is 2.24. The van der Waals surface area contributed by atoms with E-state index in [9.17, 15) is 0 Å². The third kappa shape index (κ3) is 2.98. The second kappa shape index (κ2) is 5.21. The third-order valence-electron chi connectivity index (χ3n) is 1.47. The Balaban J connectivity index is 2.48. The molecule has 0 saturated heterocycles. The summed E-state index contributed by atoms with van der Waals surface area (Å²) in [6, 6.07) is 2.01. The molecule has 0 unspecified atom stereocenters. The van der Waals surface area contributed by atoms with Gasteiger partial charge in [0.2, 0.25) is 5.96 Å². The first-order chi connectivity index (χ1) is 6.27. The minimum absolute atomic E-state index is 0.584. The van der Waals surface area contributed by atoms with Crippen LogP contribution in [-0.4, -0.2) is 13.0 Å². The number of guanidine groups is 1. The number of hydrazine groups is 1. The van der Waals surface area contributed by atoms with Crippen LogP contribution in [0.4, 0.5) is 0 Å². The number of rotatable bonds is 2. The molecule has 0 bridgehead atoms. The van der Waals surface area contributed by atoms with Crippen molar-refractivity contribution in [1.82, 2.24) is 10.7 Å². The molecule has 0 saturated carbocycles. The average Bonchev–Trinajstić information content (AvgIpc) is 2.54. The number of nitrogens with zero attached hydrogens (tertiary/aromatic N) is 1. The molecule has 0 spiro atoms. The molecule has 1 rings (SSSR count). The monoisotopic (exact) mass is 262 g/mol. The highest BCUT2D eigenvalue weighted by molar-refractivity contribution is 9.10. The summed E-state index contributed by atoms with van der Waals surface area (Å²) in [6.45, 7) is 0.717. The maximum absolute atomic E-state index is 5.21. The minimum Gasteiger partial charge on any atom is -0.350 e. The van der Waals surface area contributed by atoms with Crippen molar-refractivity contribution in [3.8, 4) is 0 Å². The summed E-state index contributed by atoms with van der Waals surface area (Å²) in [7, 11) is 1.67. The number of nitrogens with one attached hydrogen (secondary N) is 2. The molecule has 1 aromatic rings. The van der Waals surface area contributed by atoms with Crippen molar-refractivity contribution >= 4 is 33.2 Å². The van der Waals surface area contributed by atoms with Crippen LogP contribution in [0.15, 0.2) is 20.9 Å². The molecule has 4 N–H and O–H groups in total. The summed E-state index contributed by atoms with van der Waals surface area (Å²) in [4.78, 5) is 5.11. The van der Waals surface area contributed by atoms with E-state index in [1.165, 1.54) is 4.88 Å². The lowest BCUT2D eigenvalue weighted by molar-refractivity contribution is 0.848. The highest BCUT2D eigenvalue weighted by atomic mass is 79.9. The van der Waals surface area contributed by atoms with Gasteiger partial charge in [-0.05, 0) is 27.4 Å². The zero-order valence-corrected chi connectivity index (χ0v) is 9.58. The van der Waals surface area contributed by atoms with E-state index in [2.05, 4.69) is 31.7 Å². The lowest BCUT2D eigenvalue weighted by Crippen LogP contribution is -2.40. The van der Waals surface area contributed by atoms with Crippen LogP contribution in [0.2, 0.25) is 0 Å². The second-order valence-corrected chi connectivity index (χ2v) is 4.12. The van der Waals surface area contributed by atoms with Gasteiger partial charge in [-0.25, -0.2) is 5.84 Å². The Bertz CT molecular complexity index is 296.